The minimum Gasteiger partial charge on any atom is -0.495 e. The highest BCUT2D eigenvalue weighted by Gasteiger charge is 2.32. The van der Waals surface area contributed by atoms with Crippen molar-refractivity contribution < 1.29 is 36.7 Å². The molecule has 0 unspecified atom stereocenters. The van der Waals surface area contributed by atoms with E-state index in [-0.39, 0.29) is 23.8 Å². The molecule has 0 radical (unpaired) electrons. The summed E-state index contributed by atoms with van der Waals surface area (Å²) in [5, 5.41) is 11.2. The van der Waals surface area contributed by atoms with E-state index in [1.165, 1.54) is 27.2 Å². The smallest absolute Gasteiger partial charge is 0.326 e. The molecule has 0 aliphatic rings. The Bertz CT molecular complexity index is 1060. The molecule has 162 valence electrons. The van der Waals surface area contributed by atoms with Crippen LogP contribution in [0.25, 0.3) is 0 Å². The first-order valence-electron chi connectivity index (χ1n) is 8.50. The van der Waals surface area contributed by atoms with Crippen molar-refractivity contribution >= 4 is 27.4 Å². The molecule has 2 aromatic carbocycles. The number of benzene rings is 2. The van der Waals surface area contributed by atoms with E-state index < -0.39 is 43.9 Å². The average molecular weight is 442 g/mol. The third kappa shape index (κ3) is 4.76. The van der Waals surface area contributed by atoms with E-state index in [0.29, 0.717) is 4.31 Å². The highest BCUT2D eigenvalue weighted by Crippen LogP contribution is 2.36. The predicted molar refractivity (Wildman–Crippen MR) is 104 cm³/mol. The third-order valence-corrected chi connectivity index (χ3v) is 5.69. The second kappa shape index (κ2) is 9.39. The van der Waals surface area contributed by atoms with E-state index in [4.69, 9.17) is 14.2 Å². The number of sulfonamides is 1. The second-order valence-electron chi connectivity index (χ2n) is 5.73. The number of hydrogen-bond acceptors (Lipinski definition) is 8. The highest BCUT2D eigenvalue weighted by molar-refractivity contribution is 7.92. The van der Waals surface area contributed by atoms with Gasteiger partial charge in [-0.25, -0.2) is 12.8 Å². The number of nitrogens with zero attached hydrogens (tertiary/aromatic N) is 2. The van der Waals surface area contributed by atoms with E-state index in [1.807, 2.05) is 0 Å². The van der Waals surface area contributed by atoms with E-state index in [9.17, 15) is 27.7 Å². The fraction of sp³-hybridized carbons (Fsp3) is 0.278. The summed E-state index contributed by atoms with van der Waals surface area (Å²) in [5.41, 5.74) is -0.716. The predicted octanol–water partition coefficient (Wildman–Crippen LogP) is 2.51. The molecule has 12 heteroatoms. The molecule has 0 spiro atoms. The van der Waals surface area contributed by atoms with Crippen LogP contribution in [0.15, 0.2) is 41.3 Å². The van der Waals surface area contributed by atoms with Crippen molar-refractivity contribution in [1.29, 1.82) is 0 Å². The fourth-order valence-electron chi connectivity index (χ4n) is 2.55. The topological polar surface area (TPSA) is 125 Å². The molecule has 2 aromatic rings. The van der Waals surface area contributed by atoms with Gasteiger partial charge >= 0.3 is 5.97 Å². The molecule has 0 aliphatic heterocycles. The summed E-state index contributed by atoms with van der Waals surface area (Å²) < 4.78 is 55.9. The Morgan fingerprint density at radius 2 is 1.77 bits per heavy atom. The SMILES string of the molecule is CCOC(=O)CN(c1cc([N+](=O)[O-])ccc1OC)S(=O)(=O)c1ccc(OC)c(F)c1. The van der Waals surface area contributed by atoms with Crippen LogP contribution in [0.4, 0.5) is 15.8 Å². The Morgan fingerprint density at radius 3 is 2.30 bits per heavy atom. The molecule has 0 N–H and O–H groups in total. The molecule has 2 rings (SSSR count). The maximum absolute atomic E-state index is 14.1. The van der Waals surface area contributed by atoms with Crippen LogP contribution in [0.2, 0.25) is 0 Å². The van der Waals surface area contributed by atoms with Crippen LogP contribution < -0.4 is 13.8 Å². The quantitative estimate of drug-likeness (QED) is 0.329. The minimum absolute atomic E-state index is 0.0179. The molecule has 0 heterocycles. The summed E-state index contributed by atoms with van der Waals surface area (Å²) in [6, 6.07) is 6.15. The Kier molecular flexibility index (Phi) is 7.16. The maximum Gasteiger partial charge on any atom is 0.326 e. The zero-order valence-electron chi connectivity index (χ0n) is 16.3. The van der Waals surface area contributed by atoms with Gasteiger partial charge in [0.25, 0.3) is 15.7 Å². The van der Waals surface area contributed by atoms with Crippen LogP contribution in [-0.4, -0.2) is 46.7 Å². The lowest BCUT2D eigenvalue weighted by atomic mass is 10.2. The third-order valence-electron chi connectivity index (χ3n) is 3.93. The monoisotopic (exact) mass is 442 g/mol. The van der Waals surface area contributed by atoms with E-state index in [1.54, 1.807) is 0 Å². The number of nitro benzene ring substituents is 1. The molecule has 0 aliphatic carbocycles. The van der Waals surface area contributed by atoms with Gasteiger partial charge in [-0.2, -0.15) is 0 Å². The average Bonchev–Trinajstić information content (AvgIpc) is 2.71. The number of methoxy groups -OCH3 is 2. The summed E-state index contributed by atoms with van der Waals surface area (Å²) in [4.78, 5) is 22.0. The van der Waals surface area contributed by atoms with Gasteiger partial charge in [0.05, 0.1) is 30.6 Å². The molecule has 0 aromatic heterocycles. The first kappa shape index (κ1) is 22.9. The number of ether oxygens (including phenoxy) is 3. The number of non-ortho nitro benzene ring substituents is 1. The van der Waals surface area contributed by atoms with E-state index in [0.717, 1.165) is 30.3 Å². The molecule has 0 atom stereocenters. The number of carbonyl (C=O) groups is 1. The maximum atomic E-state index is 14.1. The Morgan fingerprint density at radius 1 is 1.13 bits per heavy atom. The van der Waals surface area contributed by atoms with Crippen molar-refractivity contribution in [3.8, 4) is 11.5 Å². The second-order valence-corrected chi connectivity index (χ2v) is 7.59. The largest absolute Gasteiger partial charge is 0.495 e. The number of nitro groups is 1. The lowest BCUT2D eigenvalue weighted by Crippen LogP contribution is -2.37. The molecule has 30 heavy (non-hydrogen) atoms. The summed E-state index contributed by atoms with van der Waals surface area (Å²) >= 11 is 0. The van der Waals surface area contributed by atoms with Crippen molar-refractivity contribution in [3.63, 3.8) is 0 Å². The van der Waals surface area contributed by atoms with Gasteiger partial charge in [0.15, 0.2) is 11.6 Å². The van der Waals surface area contributed by atoms with Gasteiger partial charge in [-0.15, -0.1) is 0 Å². The van der Waals surface area contributed by atoms with Crippen LogP contribution in [0.1, 0.15) is 6.92 Å². The lowest BCUT2D eigenvalue weighted by molar-refractivity contribution is -0.384. The number of carbonyl (C=O) groups excluding carboxylic acids is 1. The zero-order chi connectivity index (χ0) is 22.5. The molecule has 0 fully saturated rings. The Hall–Kier alpha value is -3.41. The van der Waals surface area contributed by atoms with Gasteiger partial charge in [0.1, 0.15) is 18.0 Å². The highest BCUT2D eigenvalue weighted by atomic mass is 32.2. The standard InChI is InChI=1S/C18H19FN2O8S/c1-4-29-18(22)11-20(15-9-12(21(23)24)5-7-17(15)28-3)30(25,26)13-6-8-16(27-2)14(19)10-13/h5-10H,4,11H2,1-3H3. The van der Waals surface area contributed by atoms with Gasteiger partial charge in [-0.1, -0.05) is 0 Å². The molecular weight excluding hydrogens is 423 g/mol. The first-order chi connectivity index (χ1) is 14.1. The number of hydrogen-bond donors (Lipinski definition) is 0. The van der Waals surface area contributed by atoms with Gasteiger partial charge in [-0.3, -0.25) is 19.2 Å². The first-order valence-corrected chi connectivity index (χ1v) is 9.94. The number of halogens is 1. The van der Waals surface area contributed by atoms with Crippen LogP contribution in [0.5, 0.6) is 11.5 Å². The van der Waals surface area contributed by atoms with E-state index >= 15 is 0 Å². The van der Waals surface area contributed by atoms with Gasteiger partial charge in [0, 0.05) is 12.1 Å². The number of rotatable bonds is 9. The Balaban J connectivity index is 2.69. The van der Waals surface area contributed by atoms with Crippen molar-refractivity contribution in [2.24, 2.45) is 0 Å². The van der Waals surface area contributed by atoms with Crippen molar-refractivity contribution in [2.45, 2.75) is 11.8 Å². The lowest BCUT2D eigenvalue weighted by Gasteiger charge is -2.25. The molecular formula is C18H19FN2O8S. The minimum atomic E-state index is -4.56. The van der Waals surface area contributed by atoms with Crippen LogP contribution in [0.3, 0.4) is 0 Å². The van der Waals surface area contributed by atoms with Crippen molar-refractivity contribution in [3.05, 3.63) is 52.3 Å². The summed E-state index contributed by atoms with van der Waals surface area (Å²) in [5.74, 6) is -2.09. The van der Waals surface area contributed by atoms with Gasteiger partial charge in [0.2, 0.25) is 0 Å². The molecule has 0 saturated heterocycles. The molecule has 0 bridgehead atoms. The van der Waals surface area contributed by atoms with Crippen molar-refractivity contribution in [1.82, 2.24) is 0 Å². The number of anilines is 1. The fourth-order valence-corrected chi connectivity index (χ4v) is 3.97. The summed E-state index contributed by atoms with van der Waals surface area (Å²) in [6.07, 6.45) is 0. The summed E-state index contributed by atoms with van der Waals surface area (Å²) in [6.45, 7) is 0.695. The molecule has 10 nitrogen and oxygen atoms in total. The van der Waals surface area contributed by atoms with Gasteiger partial charge < -0.3 is 14.2 Å². The van der Waals surface area contributed by atoms with Crippen LogP contribution in [-0.2, 0) is 19.6 Å². The van der Waals surface area contributed by atoms with Crippen LogP contribution >= 0.6 is 0 Å². The van der Waals surface area contributed by atoms with Crippen LogP contribution in [0, 0.1) is 15.9 Å². The Labute approximate surface area is 172 Å². The van der Waals surface area contributed by atoms with E-state index in [2.05, 4.69) is 0 Å². The molecule has 0 saturated carbocycles. The van der Waals surface area contributed by atoms with Crippen molar-refractivity contribution in [2.75, 3.05) is 31.7 Å². The zero-order valence-corrected chi connectivity index (χ0v) is 17.1. The van der Waals surface area contributed by atoms with Gasteiger partial charge in [-0.05, 0) is 31.2 Å². The number of esters is 1. The summed E-state index contributed by atoms with van der Waals surface area (Å²) in [7, 11) is -2.11. The normalized spacial score (nSPS) is 10.9. The molecule has 0 amide bonds.